The van der Waals surface area contributed by atoms with Crippen molar-refractivity contribution in [2.24, 2.45) is 0 Å². The summed E-state index contributed by atoms with van der Waals surface area (Å²) < 4.78 is 0. The van der Waals surface area contributed by atoms with Crippen molar-refractivity contribution in [1.29, 1.82) is 5.26 Å². The van der Waals surface area contributed by atoms with Gasteiger partial charge in [0.25, 0.3) is 0 Å². The SMILES string of the molecule is Cc1ccc(C)c(Nc2ncc(C#N)cc2N)c1. The molecule has 4 heteroatoms. The number of pyridine rings is 1. The maximum absolute atomic E-state index is 8.76. The predicted molar refractivity (Wildman–Crippen MR) is 72.6 cm³/mol. The van der Waals surface area contributed by atoms with Gasteiger partial charge in [0, 0.05) is 11.9 Å². The van der Waals surface area contributed by atoms with E-state index in [1.54, 1.807) is 6.07 Å². The quantitative estimate of drug-likeness (QED) is 0.843. The number of nitrogen functional groups attached to an aromatic ring is 1. The fourth-order valence-corrected chi connectivity index (χ4v) is 1.65. The Balaban J connectivity index is 2.34. The van der Waals surface area contributed by atoms with Gasteiger partial charge < -0.3 is 11.1 Å². The van der Waals surface area contributed by atoms with Crippen LogP contribution in [0.3, 0.4) is 0 Å². The van der Waals surface area contributed by atoms with E-state index in [0.29, 0.717) is 17.1 Å². The molecule has 4 nitrogen and oxygen atoms in total. The van der Waals surface area contributed by atoms with Crippen LogP contribution in [0.25, 0.3) is 0 Å². The van der Waals surface area contributed by atoms with Crippen LogP contribution in [0.2, 0.25) is 0 Å². The molecule has 0 fully saturated rings. The topological polar surface area (TPSA) is 74.7 Å². The molecule has 0 spiro atoms. The summed E-state index contributed by atoms with van der Waals surface area (Å²) in [6, 6.07) is 9.75. The number of rotatable bonds is 2. The van der Waals surface area contributed by atoms with E-state index in [1.807, 2.05) is 32.0 Å². The minimum atomic E-state index is 0.457. The van der Waals surface area contributed by atoms with E-state index in [4.69, 9.17) is 11.0 Å². The number of anilines is 3. The Kier molecular flexibility index (Phi) is 3.16. The van der Waals surface area contributed by atoms with Crippen molar-refractivity contribution in [3.63, 3.8) is 0 Å². The number of nitrogens with one attached hydrogen (secondary N) is 1. The Morgan fingerprint density at radius 1 is 1.28 bits per heavy atom. The monoisotopic (exact) mass is 238 g/mol. The van der Waals surface area contributed by atoms with Crippen molar-refractivity contribution < 1.29 is 0 Å². The number of nitrogens with two attached hydrogens (primary N) is 1. The van der Waals surface area contributed by atoms with Crippen molar-refractivity contribution in [2.75, 3.05) is 11.1 Å². The number of hydrogen-bond acceptors (Lipinski definition) is 4. The number of hydrogen-bond donors (Lipinski definition) is 2. The van der Waals surface area contributed by atoms with Gasteiger partial charge in [0.15, 0.2) is 5.82 Å². The molecule has 3 N–H and O–H groups in total. The van der Waals surface area contributed by atoms with Crippen molar-refractivity contribution in [1.82, 2.24) is 4.98 Å². The summed E-state index contributed by atoms with van der Waals surface area (Å²) >= 11 is 0. The van der Waals surface area contributed by atoms with Gasteiger partial charge >= 0.3 is 0 Å². The van der Waals surface area contributed by atoms with E-state index < -0.39 is 0 Å². The largest absolute Gasteiger partial charge is 0.396 e. The standard InChI is InChI=1S/C14H14N4/c1-9-3-4-10(2)13(5-9)18-14-12(16)6-11(7-15)8-17-14/h3-6,8H,16H2,1-2H3,(H,17,18). The van der Waals surface area contributed by atoms with Gasteiger partial charge in [-0.05, 0) is 37.1 Å². The van der Waals surface area contributed by atoms with Gasteiger partial charge in [0.2, 0.25) is 0 Å². The average molecular weight is 238 g/mol. The van der Waals surface area contributed by atoms with Gasteiger partial charge in [-0.25, -0.2) is 4.98 Å². The van der Waals surface area contributed by atoms with Crippen LogP contribution in [0.4, 0.5) is 17.2 Å². The van der Waals surface area contributed by atoms with Crippen molar-refractivity contribution in [3.8, 4) is 6.07 Å². The third-order valence-corrected chi connectivity index (χ3v) is 2.69. The normalized spacial score (nSPS) is 9.83. The first-order chi connectivity index (χ1) is 8.60. The highest BCUT2D eigenvalue weighted by atomic mass is 15.0. The Morgan fingerprint density at radius 3 is 2.72 bits per heavy atom. The number of aromatic nitrogens is 1. The van der Waals surface area contributed by atoms with E-state index in [0.717, 1.165) is 16.8 Å². The van der Waals surface area contributed by atoms with Gasteiger partial charge in [-0.1, -0.05) is 12.1 Å². The number of benzene rings is 1. The average Bonchev–Trinajstić information content (AvgIpc) is 2.36. The van der Waals surface area contributed by atoms with Crippen LogP contribution < -0.4 is 11.1 Å². The second-order valence-electron chi connectivity index (χ2n) is 4.22. The Labute approximate surface area is 106 Å². The molecule has 0 atom stereocenters. The smallest absolute Gasteiger partial charge is 0.153 e. The molecule has 1 aromatic carbocycles. The lowest BCUT2D eigenvalue weighted by atomic mass is 10.1. The highest BCUT2D eigenvalue weighted by Gasteiger charge is 2.05. The summed E-state index contributed by atoms with van der Waals surface area (Å²) in [5.41, 5.74) is 10.0. The Bertz CT molecular complexity index is 626. The van der Waals surface area contributed by atoms with E-state index in [1.165, 1.54) is 6.20 Å². The van der Waals surface area contributed by atoms with Crippen LogP contribution in [0.5, 0.6) is 0 Å². The summed E-state index contributed by atoms with van der Waals surface area (Å²) in [5, 5.41) is 11.9. The molecule has 0 amide bonds. The van der Waals surface area contributed by atoms with E-state index >= 15 is 0 Å². The molecular weight excluding hydrogens is 224 g/mol. The fourth-order valence-electron chi connectivity index (χ4n) is 1.65. The highest BCUT2D eigenvalue weighted by molar-refractivity contribution is 5.71. The molecule has 90 valence electrons. The van der Waals surface area contributed by atoms with E-state index in [2.05, 4.69) is 16.4 Å². The Hall–Kier alpha value is -2.54. The predicted octanol–water partition coefficient (Wildman–Crippen LogP) is 2.90. The van der Waals surface area contributed by atoms with Crippen LogP contribution in [0.15, 0.2) is 30.5 Å². The molecule has 18 heavy (non-hydrogen) atoms. The molecule has 0 aliphatic carbocycles. The second-order valence-corrected chi connectivity index (χ2v) is 4.22. The van der Waals surface area contributed by atoms with Gasteiger partial charge in [-0.2, -0.15) is 5.26 Å². The zero-order chi connectivity index (χ0) is 13.1. The molecule has 2 aromatic rings. The van der Waals surface area contributed by atoms with Gasteiger partial charge in [0.1, 0.15) is 6.07 Å². The van der Waals surface area contributed by atoms with Gasteiger partial charge in [-0.3, -0.25) is 0 Å². The first-order valence-corrected chi connectivity index (χ1v) is 5.60. The van der Waals surface area contributed by atoms with E-state index in [-0.39, 0.29) is 0 Å². The van der Waals surface area contributed by atoms with E-state index in [9.17, 15) is 0 Å². The molecule has 1 aromatic heterocycles. The maximum Gasteiger partial charge on any atom is 0.153 e. The molecule has 0 saturated carbocycles. The van der Waals surface area contributed by atoms with Crippen molar-refractivity contribution in [3.05, 3.63) is 47.2 Å². The fraction of sp³-hybridized carbons (Fsp3) is 0.143. The summed E-state index contributed by atoms with van der Waals surface area (Å²) in [4.78, 5) is 4.16. The van der Waals surface area contributed by atoms with Crippen molar-refractivity contribution in [2.45, 2.75) is 13.8 Å². The molecule has 0 bridgehead atoms. The van der Waals surface area contributed by atoms with Gasteiger partial charge in [0.05, 0.1) is 11.3 Å². The number of nitriles is 1. The lowest BCUT2D eigenvalue weighted by molar-refractivity contribution is 1.27. The summed E-state index contributed by atoms with van der Waals surface area (Å²) in [6.45, 7) is 4.04. The second kappa shape index (κ2) is 4.76. The minimum Gasteiger partial charge on any atom is -0.396 e. The summed E-state index contributed by atoms with van der Waals surface area (Å²) in [6.07, 6.45) is 1.50. The molecule has 0 aliphatic rings. The van der Waals surface area contributed by atoms with Crippen molar-refractivity contribution >= 4 is 17.2 Å². The molecule has 0 unspecified atom stereocenters. The zero-order valence-electron chi connectivity index (χ0n) is 10.4. The third kappa shape index (κ3) is 2.41. The van der Waals surface area contributed by atoms with Gasteiger partial charge in [-0.15, -0.1) is 0 Å². The molecule has 0 aliphatic heterocycles. The van der Waals surface area contributed by atoms with Crippen LogP contribution in [0.1, 0.15) is 16.7 Å². The lowest BCUT2D eigenvalue weighted by Gasteiger charge is -2.11. The molecule has 2 rings (SSSR count). The maximum atomic E-state index is 8.76. The Morgan fingerprint density at radius 2 is 2.06 bits per heavy atom. The van der Waals surface area contributed by atoms with Crippen LogP contribution in [-0.2, 0) is 0 Å². The van der Waals surface area contributed by atoms with Crippen LogP contribution in [-0.4, -0.2) is 4.98 Å². The molecular formula is C14H14N4. The van der Waals surface area contributed by atoms with Crippen LogP contribution >= 0.6 is 0 Å². The van der Waals surface area contributed by atoms with Crippen LogP contribution in [0, 0.1) is 25.2 Å². The summed E-state index contributed by atoms with van der Waals surface area (Å²) in [5.74, 6) is 0.572. The third-order valence-electron chi connectivity index (χ3n) is 2.69. The number of aryl methyl sites for hydroxylation is 2. The molecule has 0 radical (unpaired) electrons. The first kappa shape index (κ1) is 11.9. The summed E-state index contributed by atoms with van der Waals surface area (Å²) in [7, 11) is 0. The molecule has 1 heterocycles. The minimum absolute atomic E-state index is 0.457. The zero-order valence-corrected chi connectivity index (χ0v) is 10.4. The highest BCUT2D eigenvalue weighted by Crippen LogP contribution is 2.24. The lowest BCUT2D eigenvalue weighted by Crippen LogP contribution is -2.01. The number of nitrogens with zero attached hydrogens (tertiary/aromatic N) is 2. The molecule has 0 saturated heterocycles. The first-order valence-electron chi connectivity index (χ1n) is 5.60.